The maximum Gasteiger partial charge on any atom is 0.247 e. The van der Waals surface area contributed by atoms with E-state index in [1.807, 2.05) is 60.8 Å². The van der Waals surface area contributed by atoms with Gasteiger partial charge in [0.05, 0.1) is 27.8 Å². The number of hydrogen-bond acceptors (Lipinski definition) is 5. The third kappa shape index (κ3) is 6.38. The SMILES string of the molecule is COc1cc([C@H](C(=O)NC2CCCCC2)N(Cc2ccccc2)C(=O)Cc2c[nH]c3ccccc23)cc(OC)c1OC. The number of para-hydroxylation sites is 1. The number of carbonyl (C=O) groups excluding carboxylic acids is 2. The molecule has 0 unspecified atom stereocenters. The van der Waals surface area contributed by atoms with Crippen LogP contribution in [0.25, 0.3) is 10.9 Å². The molecule has 8 nitrogen and oxygen atoms in total. The Morgan fingerprint density at radius 3 is 2.24 bits per heavy atom. The molecule has 1 aliphatic rings. The topological polar surface area (TPSA) is 92.9 Å². The summed E-state index contributed by atoms with van der Waals surface area (Å²) in [4.78, 5) is 33.6. The van der Waals surface area contributed by atoms with E-state index in [4.69, 9.17) is 14.2 Å². The predicted octanol–water partition coefficient (Wildman–Crippen LogP) is 5.96. The van der Waals surface area contributed by atoms with Gasteiger partial charge in [0.1, 0.15) is 6.04 Å². The predicted molar refractivity (Wildman–Crippen MR) is 163 cm³/mol. The van der Waals surface area contributed by atoms with Crippen LogP contribution in [0.4, 0.5) is 0 Å². The number of aromatic amines is 1. The Labute approximate surface area is 247 Å². The molecule has 1 saturated carbocycles. The van der Waals surface area contributed by atoms with Crippen LogP contribution in [0.5, 0.6) is 17.2 Å². The van der Waals surface area contributed by atoms with Crippen molar-refractivity contribution in [2.75, 3.05) is 21.3 Å². The van der Waals surface area contributed by atoms with Gasteiger partial charge in [0.15, 0.2) is 11.5 Å². The van der Waals surface area contributed by atoms with E-state index in [2.05, 4.69) is 10.3 Å². The van der Waals surface area contributed by atoms with Crippen molar-refractivity contribution in [1.82, 2.24) is 15.2 Å². The first-order valence-corrected chi connectivity index (χ1v) is 14.5. The second-order valence-electron chi connectivity index (χ2n) is 10.7. The van der Waals surface area contributed by atoms with Crippen LogP contribution in [-0.4, -0.2) is 49.1 Å². The van der Waals surface area contributed by atoms with Crippen LogP contribution in [0, 0.1) is 0 Å². The lowest BCUT2D eigenvalue weighted by Gasteiger charge is -2.34. The van der Waals surface area contributed by atoms with Crippen LogP contribution in [-0.2, 0) is 22.6 Å². The fourth-order valence-electron chi connectivity index (χ4n) is 5.91. The lowest BCUT2D eigenvalue weighted by Crippen LogP contribution is -2.47. The Kier molecular flexibility index (Phi) is 9.31. The number of H-pyrrole nitrogens is 1. The number of aromatic nitrogens is 1. The molecule has 2 amide bonds. The fourth-order valence-corrected chi connectivity index (χ4v) is 5.91. The molecule has 3 aromatic carbocycles. The minimum atomic E-state index is -0.932. The van der Waals surface area contributed by atoms with Crippen molar-refractivity contribution in [3.63, 3.8) is 0 Å². The van der Waals surface area contributed by atoms with Crippen molar-refractivity contribution in [3.05, 3.63) is 89.6 Å². The summed E-state index contributed by atoms with van der Waals surface area (Å²) in [7, 11) is 4.63. The third-order valence-corrected chi connectivity index (χ3v) is 8.05. The van der Waals surface area contributed by atoms with E-state index in [0.29, 0.717) is 22.8 Å². The molecule has 42 heavy (non-hydrogen) atoms. The first-order chi connectivity index (χ1) is 20.5. The largest absolute Gasteiger partial charge is 0.493 e. The molecule has 0 radical (unpaired) electrons. The summed E-state index contributed by atoms with van der Waals surface area (Å²) < 4.78 is 16.8. The van der Waals surface area contributed by atoms with Gasteiger partial charge in [-0.1, -0.05) is 67.8 Å². The molecule has 5 rings (SSSR count). The van der Waals surface area contributed by atoms with E-state index in [9.17, 15) is 9.59 Å². The number of benzene rings is 3. The van der Waals surface area contributed by atoms with Crippen molar-refractivity contribution in [1.29, 1.82) is 0 Å². The van der Waals surface area contributed by atoms with E-state index < -0.39 is 6.04 Å². The van der Waals surface area contributed by atoms with E-state index >= 15 is 0 Å². The number of fused-ring (bicyclic) bond motifs is 1. The van der Waals surface area contributed by atoms with Crippen LogP contribution in [0.15, 0.2) is 72.9 Å². The Hall–Kier alpha value is -4.46. The average molecular weight is 570 g/mol. The van der Waals surface area contributed by atoms with Crippen molar-refractivity contribution >= 4 is 22.7 Å². The summed E-state index contributed by atoms with van der Waals surface area (Å²) in [5.74, 6) is 0.882. The summed E-state index contributed by atoms with van der Waals surface area (Å²) in [6.45, 7) is 0.251. The van der Waals surface area contributed by atoms with Gasteiger partial charge in [-0.25, -0.2) is 0 Å². The lowest BCUT2D eigenvalue weighted by atomic mass is 9.94. The minimum absolute atomic E-state index is 0.0677. The van der Waals surface area contributed by atoms with Gasteiger partial charge in [-0.2, -0.15) is 0 Å². The van der Waals surface area contributed by atoms with Crippen molar-refractivity contribution in [2.45, 2.75) is 57.2 Å². The number of carbonyl (C=O) groups is 2. The van der Waals surface area contributed by atoms with Crippen LogP contribution < -0.4 is 19.5 Å². The van der Waals surface area contributed by atoms with Crippen molar-refractivity contribution < 1.29 is 23.8 Å². The molecule has 1 aliphatic carbocycles. The third-order valence-electron chi connectivity index (χ3n) is 8.05. The van der Waals surface area contributed by atoms with Gasteiger partial charge in [-0.05, 0) is 47.7 Å². The molecule has 0 aliphatic heterocycles. The molecule has 1 fully saturated rings. The zero-order chi connectivity index (χ0) is 29.5. The summed E-state index contributed by atoms with van der Waals surface area (Å²) in [5.41, 5.74) is 3.35. The summed E-state index contributed by atoms with van der Waals surface area (Å²) in [6.07, 6.45) is 7.19. The van der Waals surface area contributed by atoms with Gasteiger partial charge >= 0.3 is 0 Å². The molecule has 0 bridgehead atoms. The minimum Gasteiger partial charge on any atom is -0.493 e. The normalized spacial score (nSPS) is 14.3. The lowest BCUT2D eigenvalue weighted by molar-refractivity contribution is -0.141. The molecule has 220 valence electrons. The van der Waals surface area contributed by atoms with Gasteiger partial charge in [-0.3, -0.25) is 9.59 Å². The standard InChI is InChI=1S/C34H39N3O5/c1-40-29-18-24(19-30(41-2)33(29)42-3)32(34(39)36-26-14-8-5-9-15-26)37(22-23-12-6-4-7-13-23)31(38)20-25-21-35-28-17-11-10-16-27(25)28/h4,6-7,10-13,16-19,21,26,32,35H,5,8-9,14-15,20,22H2,1-3H3,(H,36,39)/t32-/m1/s1. The van der Waals surface area contributed by atoms with Crippen LogP contribution >= 0.6 is 0 Å². The number of hydrogen-bond donors (Lipinski definition) is 2. The summed E-state index contributed by atoms with van der Waals surface area (Å²) in [6, 6.07) is 20.3. The van der Waals surface area contributed by atoms with E-state index in [-0.39, 0.29) is 30.8 Å². The number of nitrogens with zero attached hydrogens (tertiary/aromatic N) is 1. The van der Waals surface area contributed by atoms with E-state index in [1.165, 1.54) is 6.42 Å². The van der Waals surface area contributed by atoms with Gasteiger partial charge < -0.3 is 29.4 Å². The Bertz CT molecular complexity index is 1490. The zero-order valence-electron chi connectivity index (χ0n) is 24.5. The zero-order valence-corrected chi connectivity index (χ0v) is 24.5. The highest BCUT2D eigenvalue weighted by molar-refractivity contribution is 5.92. The van der Waals surface area contributed by atoms with Crippen molar-refractivity contribution in [2.24, 2.45) is 0 Å². The maximum atomic E-state index is 14.3. The fraction of sp³-hybridized carbons (Fsp3) is 0.353. The number of rotatable bonds is 11. The number of nitrogens with one attached hydrogen (secondary N) is 2. The van der Waals surface area contributed by atoms with Crippen LogP contribution in [0.2, 0.25) is 0 Å². The maximum absolute atomic E-state index is 14.3. The highest BCUT2D eigenvalue weighted by atomic mass is 16.5. The number of methoxy groups -OCH3 is 3. The number of ether oxygens (including phenoxy) is 3. The van der Waals surface area contributed by atoms with Gasteiger partial charge in [0.25, 0.3) is 0 Å². The highest BCUT2D eigenvalue weighted by Gasteiger charge is 2.35. The summed E-state index contributed by atoms with van der Waals surface area (Å²) >= 11 is 0. The first-order valence-electron chi connectivity index (χ1n) is 14.5. The van der Waals surface area contributed by atoms with Crippen LogP contribution in [0.3, 0.4) is 0 Å². The second-order valence-corrected chi connectivity index (χ2v) is 10.7. The molecule has 0 spiro atoms. The smallest absolute Gasteiger partial charge is 0.247 e. The molecule has 1 heterocycles. The molecule has 0 saturated heterocycles. The molecule has 8 heteroatoms. The molecular formula is C34H39N3O5. The molecule has 2 N–H and O–H groups in total. The molecular weight excluding hydrogens is 530 g/mol. The van der Waals surface area contributed by atoms with Crippen LogP contribution in [0.1, 0.15) is 54.8 Å². The molecule has 4 aromatic rings. The van der Waals surface area contributed by atoms with Crippen molar-refractivity contribution in [3.8, 4) is 17.2 Å². The second kappa shape index (κ2) is 13.5. The highest BCUT2D eigenvalue weighted by Crippen LogP contribution is 2.41. The monoisotopic (exact) mass is 569 g/mol. The average Bonchev–Trinajstić information content (AvgIpc) is 3.43. The van der Waals surface area contributed by atoms with Gasteiger partial charge in [0.2, 0.25) is 17.6 Å². The Morgan fingerprint density at radius 1 is 0.905 bits per heavy atom. The first kappa shape index (κ1) is 29.0. The molecule has 1 aromatic heterocycles. The van der Waals surface area contributed by atoms with E-state index in [0.717, 1.165) is 47.7 Å². The summed E-state index contributed by atoms with van der Waals surface area (Å²) in [5, 5.41) is 4.27. The Balaban J connectivity index is 1.59. The molecule has 1 atom stereocenters. The quantitative estimate of drug-likeness (QED) is 0.233. The van der Waals surface area contributed by atoms with Gasteiger partial charge in [-0.15, -0.1) is 0 Å². The Morgan fingerprint density at radius 2 is 1.57 bits per heavy atom. The van der Waals surface area contributed by atoms with E-state index in [1.54, 1.807) is 38.4 Å². The van der Waals surface area contributed by atoms with Gasteiger partial charge in [0, 0.05) is 29.7 Å². The number of amides is 2.